The molecule has 0 N–H and O–H groups in total. The predicted molar refractivity (Wildman–Crippen MR) is 73.4 cm³/mol. The Morgan fingerprint density at radius 1 is 1.19 bits per heavy atom. The van der Waals surface area contributed by atoms with E-state index in [1.54, 1.807) is 0 Å². The van der Waals surface area contributed by atoms with Crippen LogP contribution in [0.2, 0.25) is 0 Å². The second-order valence-corrected chi connectivity index (χ2v) is 5.16. The summed E-state index contributed by atoms with van der Waals surface area (Å²) < 4.78 is 5.43. The van der Waals surface area contributed by atoms with Crippen LogP contribution in [0.4, 0.5) is 0 Å². The zero-order chi connectivity index (χ0) is 12.0. The van der Waals surface area contributed by atoms with Crippen molar-refractivity contribution < 1.29 is 4.74 Å². The molecule has 0 aromatic heterocycles. The lowest BCUT2D eigenvalue weighted by atomic mass is 9.97. The third-order valence-corrected chi connectivity index (χ3v) is 4.18. The van der Waals surface area contributed by atoms with Crippen LogP contribution in [0.5, 0.6) is 5.75 Å². The normalized spacial score (nSPS) is 14.5. The molecule has 0 aliphatic carbocycles. The molecule has 0 saturated heterocycles. The highest BCUT2D eigenvalue weighted by molar-refractivity contribution is 9.09. The van der Waals surface area contributed by atoms with Crippen LogP contribution in [0, 0.1) is 5.92 Å². The largest absolute Gasteiger partial charge is 0.494 e. The van der Waals surface area contributed by atoms with Gasteiger partial charge in [-0.15, -0.1) is 0 Å². The van der Waals surface area contributed by atoms with Crippen LogP contribution in [0.3, 0.4) is 0 Å². The maximum atomic E-state index is 5.43. The van der Waals surface area contributed by atoms with E-state index in [4.69, 9.17) is 4.74 Å². The van der Waals surface area contributed by atoms with Gasteiger partial charge in [-0.25, -0.2) is 0 Å². The van der Waals surface area contributed by atoms with Crippen molar-refractivity contribution in [2.45, 2.75) is 38.4 Å². The Bertz CT molecular complexity index is 294. The van der Waals surface area contributed by atoms with Gasteiger partial charge >= 0.3 is 0 Å². The van der Waals surface area contributed by atoms with Gasteiger partial charge in [-0.3, -0.25) is 0 Å². The minimum atomic E-state index is 0.447. The molecule has 90 valence electrons. The van der Waals surface area contributed by atoms with Gasteiger partial charge in [0.1, 0.15) is 5.75 Å². The van der Waals surface area contributed by atoms with Gasteiger partial charge in [0.05, 0.1) is 6.61 Å². The summed E-state index contributed by atoms with van der Waals surface area (Å²) >= 11 is 3.78. The van der Waals surface area contributed by atoms with E-state index >= 15 is 0 Å². The van der Waals surface area contributed by atoms with Crippen molar-refractivity contribution in [3.8, 4) is 5.75 Å². The zero-order valence-electron chi connectivity index (χ0n) is 10.4. The van der Waals surface area contributed by atoms with E-state index in [-0.39, 0.29) is 0 Å². The molecule has 0 radical (unpaired) electrons. The van der Waals surface area contributed by atoms with Gasteiger partial charge in [-0.2, -0.15) is 0 Å². The van der Waals surface area contributed by atoms with Crippen LogP contribution < -0.4 is 4.74 Å². The van der Waals surface area contributed by atoms with Crippen LogP contribution in [0.25, 0.3) is 0 Å². The molecule has 0 saturated carbocycles. The first-order valence-corrected chi connectivity index (χ1v) is 6.97. The molecule has 0 heterocycles. The minimum absolute atomic E-state index is 0.447. The molecular formula is C14H21BrO. The molecule has 1 aromatic rings. The molecule has 0 aliphatic heterocycles. The number of benzene rings is 1. The number of hydrogen-bond donors (Lipinski definition) is 0. The van der Waals surface area contributed by atoms with Gasteiger partial charge in [0, 0.05) is 4.83 Å². The van der Waals surface area contributed by atoms with E-state index in [2.05, 4.69) is 41.9 Å². The lowest BCUT2D eigenvalue weighted by molar-refractivity contribution is 0.340. The highest BCUT2D eigenvalue weighted by atomic mass is 79.9. The van der Waals surface area contributed by atoms with E-state index in [0.29, 0.717) is 10.7 Å². The Morgan fingerprint density at radius 3 is 2.31 bits per heavy atom. The van der Waals surface area contributed by atoms with Crippen molar-refractivity contribution >= 4 is 15.9 Å². The molecule has 1 rings (SSSR count). The average Bonchev–Trinajstić information content (AvgIpc) is 2.30. The first-order chi connectivity index (χ1) is 7.69. The molecule has 0 aliphatic rings. The first-order valence-electron chi connectivity index (χ1n) is 6.05. The summed E-state index contributed by atoms with van der Waals surface area (Å²) in [6.07, 6.45) is 2.49. The highest BCUT2D eigenvalue weighted by Gasteiger charge is 2.15. The predicted octanol–water partition coefficient (Wildman–Crippen LogP) is 4.96. The number of ether oxygens (including phenoxy) is 1. The van der Waals surface area contributed by atoms with Crippen molar-refractivity contribution in [1.82, 2.24) is 0 Å². The van der Waals surface area contributed by atoms with E-state index in [1.807, 2.05) is 19.1 Å². The molecule has 2 heteroatoms. The second kappa shape index (κ2) is 6.95. The second-order valence-electron chi connectivity index (χ2n) is 4.17. The molecule has 2 atom stereocenters. The molecule has 0 fully saturated rings. The third kappa shape index (κ3) is 3.82. The first kappa shape index (κ1) is 13.6. The molecular weight excluding hydrogens is 264 g/mol. The molecule has 0 bridgehead atoms. The van der Waals surface area contributed by atoms with E-state index in [0.717, 1.165) is 12.4 Å². The lowest BCUT2D eigenvalue weighted by Gasteiger charge is -2.18. The number of halogens is 1. The van der Waals surface area contributed by atoms with Gasteiger partial charge in [-0.05, 0) is 37.0 Å². The van der Waals surface area contributed by atoms with Crippen molar-refractivity contribution in [1.29, 1.82) is 0 Å². The molecule has 2 unspecified atom stereocenters. The summed E-state index contributed by atoms with van der Waals surface area (Å²) in [4.78, 5) is 0.447. The van der Waals surface area contributed by atoms with Crippen LogP contribution in [-0.4, -0.2) is 6.61 Å². The standard InChI is InChI=1S/C14H21BrO/c1-4-6-11(3)14(15)12-7-9-13(10-8-12)16-5-2/h7-11,14H,4-6H2,1-3H3. The summed E-state index contributed by atoms with van der Waals surface area (Å²) in [5.41, 5.74) is 1.34. The highest BCUT2D eigenvalue weighted by Crippen LogP contribution is 2.34. The van der Waals surface area contributed by atoms with Gasteiger partial charge < -0.3 is 4.74 Å². The summed E-state index contributed by atoms with van der Waals surface area (Å²) in [5, 5.41) is 0. The zero-order valence-corrected chi connectivity index (χ0v) is 12.0. The molecule has 16 heavy (non-hydrogen) atoms. The Balaban J connectivity index is 2.65. The molecule has 0 spiro atoms. The monoisotopic (exact) mass is 284 g/mol. The Morgan fingerprint density at radius 2 is 1.81 bits per heavy atom. The summed E-state index contributed by atoms with van der Waals surface area (Å²) in [7, 11) is 0. The van der Waals surface area contributed by atoms with Gasteiger partial charge in [0.15, 0.2) is 0 Å². The van der Waals surface area contributed by atoms with Crippen LogP contribution in [0.1, 0.15) is 44.0 Å². The van der Waals surface area contributed by atoms with Crippen molar-refractivity contribution in [2.24, 2.45) is 5.92 Å². The van der Waals surface area contributed by atoms with Crippen LogP contribution >= 0.6 is 15.9 Å². The Kier molecular flexibility index (Phi) is 5.89. The van der Waals surface area contributed by atoms with Gasteiger partial charge in [-0.1, -0.05) is 48.3 Å². The number of rotatable bonds is 6. The topological polar surface area (TPSA) is 9.23 Å². The molecule has 1 nitrogen and oxygen atoms in total. The smallest absolute Gasteiger partial charge is 0.119 e. The Hall–Kier alpha value is -0.500. The molecule has 0 amide bonds. The fourth-order valence-corrected chi connectivity index (χ4v) is 2.41. The maximum Gasteiger partial charge on any atom is 0.119 e. The van der Waals surface area contributed by atoms with Gasteiger partial charge in [0.2, 0.25) is 0 Å². The average molecular weight is 285 g/mol. The van der Waals surface area contributed by atoms with Gasteiger partial charge in [0.25, 0.3) is 0 Å². The SMILES string of the molecule is CCCC(C)C(Br)c1ccc(OCC)cc1. The quantitative estimate of drug-likeness (QED) is 0.671. The van der Waals surface area contributed by atoms with E-state index in [1.165, 1.54) is 18.4 Å². The Labute approximate surface area is 107 Å². The third-order valence-electron chi connectivity index (χ3n) is 2.75. The minimum Gasteiger partial charge on any atom is -0.494 e. The summed E-state index contributed by atoms with van der Waals surface area (Å²) in [5.74, 6) is 1.62. The van der Waals surface area contributed by atoms with Crippen molar-refractivity contribution in [2.75, 3.05) is 6.61 Å². The number of alkyl halides is 1. The van der Waals surface area contributed by atoms with Crippen molar-refractivity contribution in [3.63, 3.8) is 0 Å². The van der Waals surface area contributed by atoms with Crippen LogP contribution in [0.15, 0.2) is 24.3 Å². The van der Waals surface area contributed by atoms with Crippen molar-refractivity contribution in [3.05, 3.63) is 29.8 Å². The molecule has 1 aromatic carbocycles. The fraction of sp³-hybridized carbons (Fsp3) is 0.571. The van der Waals surface area contributed by atoms with E-state index < -0.39 is 0 Å². The lowest BCUT2D eigenvalue weighted by Crippen LogP contribution is -2.03. The summed E-state index contributed by atoms with van der Waals surface area (Å²) in [6.45, 7) is 7.25. The summed E-state index contributed by atoms with van der Waals surface area (Å²) in [6, 6.07) is 8.39. The van der Waals surface area contributed by atoms with E-state index in [9.17, 15) is 0 Å². The number of hydrogen-bond acceptors (Lipinski definition) is 1. The maximum absolute atomic E-state index is 5.43. The van der Waals surface area contributed by atoms with Crippen LogP contribution in [-0.2, 0) is 0 Å². The fourth-order valence-electron chi connectivity index (χ4n) is 1.84.